The van der Waals surface area contributed by atoms with Crippen LogP contribution >= 0.6 is 0 Å². The zero-order valence-corrected chi connectivity index (χ0v) is 17.9. The van der Waals surface area contributed by atoms with Crippen molar-refractivity contribution in [2.45, 2.75) is 6.42 Å². The van der Waals surface area contributed by atoms with Gasteiger partial charge in [-0.3, -0.25) is 0 Å². The molecule has 0 saturated heterocycles. The van der Waals surface area contributed by atoms with Gasteiger partial charge in [0.25, 0.3) is 0 Å². The van der Waals surface area contributed by atoms with Crippen LogP contribution in [0.25, 0.3) is 60.6 Å². The molecule has 2 aromatic heterocycles. The molecule has 7 aromatic rings. The fourth-order valence-corrected chi connectivity index (χ4v) is 5.77. The Morgan fingerprint density at radius 1 is 0.576 bits per heavy atom. The van der Waals surface area contributed by atoms with E-state index >= 15 is 0 Å². The van der Waals surface area contributed by atoms with Crippen LogP contribution in [-0.4, -0.2) is 4.57 Å². The minimum absolute atomic E-state index is 0.939. The summed E-state index contributed by atoms with van der Waals surface area (Å²) in [6.45, 7) is 0. The molecule has 2 nitrogen and oxygen atoms in total. The lowest BCUT2D eigenvalue weighted by Crippen LogP contribution is -1.93. The van der Waals surface area contributed by atoms with Gasteiger partial charge < -0.3 is 8.98 Å². The van der Waals surface area contributed by atoms with Crippen LogP contribution in [0.15, 0.2) is 108 Å². The monoisotopic (exact) mass is 421 g/mol. The van der Waals surface area contributed by atoms with Crippen LogP contribution in [0.1, 0.15) is 11.1 Å². The molecule has 0 unspecified atom stereocenters. The van der Waals surface area contributed by atoms with Gasteiger partial charge in [-0.1, -0.05) is 60.7 Å². The fourth-order valence-electron chi connectivity index (χ4n) is 5.77. The number of furan rings is 1. The second-order valence-corrected chi connectivity index (χ2v) is 8.97. The minimum Gasteiger partial charge on any atom is -0.455 e. The predicted octanol–water partition coefficient (Wildman–Crippen LogP) is 8.25. The molecule has 0 saturated carbocycles. The van der Waals surface area contributed by atoms with Gasteiger partial charge in [-0.25, -0.2) is 0 Å². The molecule has 0 radical (unpaired) electrons. The largest absolute Gasteiger partial charge is 0.455 e. The van der Waals surface area contributed by atoms with Gasteiger partial charge in [0, 0.05) is 21.8 Å². The van der Waals surface area contributed by atoms with Crippen LogP contribution in [0.3, 0.4) is 0 Å². The third kappa shape index (κ3) is 2.22. The average Bonchev–Trinajstić information content (AvgIpc) is 3.52. The number of aromatic nitrogens is 1. The summed E-state index contributed by atoms with van der Waals surface area (Å²) in [5.74, 6) is 0. The third-order valence-corrected chi connectivity index (χ3v) is 7.20. The lowest BCUT2D eigenvalue weighted by molar-refractivity contribution is 0.673. The maximum absolute atomic E-state index is 6.49. The van der Waals surface area contributed by atoms with Crippen LogP contribution in [-0.2, 0) is 6.42 Å². The smallest absolute Gasteiger partial charge is 0.145 e. The molecule has 0 fully saturated rings. The van der Waals surface area contributed by atoms with Gasteiger partial charge in [0.05, 0.1) is 16.4 Å². The van der Waals surface area contributed by atoms with Crippen molar-refractivity contribution in [2.24, 2.45) is 0 Å². The zero-order valence-electron chi connectivity index (χ0n) is 17.9. The molecule has 8 rings (SSSR count). The molecular formula is C31H19NO. The topological polar surface area (TPSA) is 18.1 Å². The lowest BCUT2D eigenvalue weighted by atomic mass is 10.0. The molecule has 1 aliphatic carbocycles. The van der Waals surface area contributed by atoms with E-state index in [0.29, 0.717) is 0 Å². The van der Waals surface area contributed by atoms with E-state index in [1.807, 2.05) is 6.07 Å². The van der Waals surface area contributed by atoms with Crippen molar-refractivity contribution in [2.75, 3.05) is 0 Å². The van der Waals surface area contributed by atoms with Gasteiger partial charge in [0.15, 0.2) is 0 Å². The normalized spacial score (nSPS) is 12.7. The van der Waals surface area contributed by atoms with E-state index in [9.17, 15) is 0 Å². The van der Waals surface area contributed by atoms with Crippen LogP contribution < -0.4 is 0 Å². The first-order valence-electron chi connectivity index (χ1n) is 11.4. The fraction of sp³-hybridized carbons (Fsp3) is 0.0323. The number of fused-ring (bicyclic) bond motifs is 10. The van der Waals surface area contributed by atoms with E-state index in [2.05, 4.69) is 102 Å². The van der Waals surface area contributed by atoms with Gasteiger partial charge in [-0.05, 0) is 71.1 Å². The summed E-state index contributed by atoms with van der Waals surface area (Å²) in [4.78, 5) is 0. The number of nitrogens with zero attached hydrogens (tertiary/aromatic N) is 1. The Bertz CT molecular complexity index is 1890. The Hall–Kier alpha value is -4.30. The molecule has 2 heterocycles. The molecule has 0 amide bonds. The van der Waals surface area contributed by atoms with Crippen molar-refractivity contribution in [3.63, 3.8) is 0 Å². The van der Waals surface area contributed by atoms with Gasteiger partial charge in [-0.15, -0.1) is 0 Å². The Labute approximate surface area is 190 Å². The molecule has 0 aliphatic heterocycles. The zero-order chi connectivity index (χ0) is 21.5. The molecule has 5 aromatic carbocycles. The van der Waals surface area contributed by atoms with E-state index in [0.717, 1.165) is 17.6 Å². The highest BCUT2D eigenvalue weighted by molar-refractivity contribution is 6.24. The quantitative estimate of drug-likeness (QED) is 0.261. The summed E-state index contributed by atoms with van der Waals surface area (Å²) in [6, 6.07) is 37.0. The molecule has 0 N–H and O–H groups in total. The number of hydrogen-bond donors (Lipinski definition) is 0. The van der Waals surface area contributed by atoms with Crippen LogP contribution in [0.4, 0.5) is 0 Å². The number of hydrogen-bond acceptors (Lipinski definition) is 1. The average molecular weight is 421 g/mol. The first-order chi connectivity index (χ1) is 16.4. The first-order valence-corrected chi connectivity index (χ1v) is 11.4. The predicted molar refractivity (Wildman–Crippen MR) is 136 cm³/mol. The maximum Gasteiger partial charge on any atom is 0.145 e. The summed E-state index contributed by atoms with van der Waals surface area (Å²) >= 11 is 0. The number of benzene rings is 5. The molecule has 2 heteroatoms. The van der Waals surface area contributed by atoms with Crippen LogP contribution in [0.5, 0.6) is 0 Å². The Kier molecular flexibility index (Phi) is 3.22. The summed E-state index contributed by atoms with van der Waals surface area (Å²) < 4.78 is 8.88. The highest BCUT2D eigenvalue weighted by Gasteiger charge is 2.24. The highest BCUT2D eigenvalue weighted by Crippen LogP contribution is 2.45. The van der Waals surface area contributed by atoms with Gasteiger partial charge in [0.1, 0.15) is 11.2 Å². The molecule has 154 valence electrons. The Balaban J connectivity index is 1.59. The van der Waals surface area contributed by atoms with Crippen molar-refractivity contribution < 1.29 is 4.42 Å². The van der Waals surface area contributed by atoms with E-state index in [-0.39, 0.29) is 0 Å². The van der Waals surface area contributed by atoms with E-state index in [1.165, 1.54) is 60.5 Å². The molecule has 33 heavy (non-hydrogen) atoms. The minimum atomic E-state index is 0.939. The number of rotatable bonds is 1. The van der Waals surface area contributed by atoms with Gasteiger partial charge >= 0.3 is 0 Å². The summed E-state index contributed by atoms with van der Waals surface area (Å²) in [7, 11) is 0. The van der Waals surface area contributed by atoms with E-state index in [1.54, 1.807) is 0 Å². The second kappa shape index (κ2) is 6.14. The van der Waals surface area contributed by atoms with E-state index in [4.69, 9.17) is 4.42 Å². The van der Waals surface area contributed by atoms with Crippen LogP contribution in [0.2, 0.25) is 0 Å². The maximum atomic E-state index is 6.49. The molecule has 0 atom stereocenters. The van der Waals surface area contributed by atoms with Crippen molar-refractivity contribution in [3.05, 3.63) is 114 Å². The Morgan fingerprint density at radius 2 is 1.39 bits per heavy atom. The molecule has 0 spiro atoms. The molecule has 0 bridgehead atoms. The highest BCUT2D eigenvalue weighted by atomic mass is 16.3. The number of para-hydroxylation sites is 2. The summed E-state index contributed by atoms with van der Waals surface area (Å²) in [6.07, 6.45) is 0.982. The van der Waals surface area contributed by atoms with Crippen molar-refractivity contribution in [1.82, 2.24) is 4.57 Å². The molecular weight excluding hydrogens is 402 g/mol. The standard InChI is InChI=1S/C31H19NO/c1-2-9-21(10-3-1)32-27-15-14-24-23-12-6-7-13-29(23)33-31(24)30(27)26-17-20-16-19-8-4-5-11-22(19)25(20)18-28(26)32/h1-15,17-18H,16H2. The third-order valence-electron chi connectivity index (χ3n) is 7.20. The first kappa shape index (κ1) is 17.3. The summed E-state index contributed by atoms with van der Waals surface area (Å²) in [5.41, 5.74) is 11.0. The second-order valence-electron chi connectivity index (χ2n) is 8.97. The lowest BCUT2D eigenvalue weighted by Gasteiger charge is -2.09. The van der Waals surface area contributed by atoms with Gasteiger partial charge in [0.2, 0.25) is 0 Å². The molecule has 1 aliphatic rings. The Morgan fingerprint density at radius 3 is 2.33 bits per heavy atom. The summed E-state index contributed by atoms with van der Waals surface area (Å²) in [5, 5.41) is 4.80. The van der Waals surface area contributed by atoms with Crippen molar-refractivity contribution in [1.29, 1.82) is 0 Å². The SMILES string of the molecule is c1ccc(-n2c3cc4c(cc3c3c5oc6ccccc6c5ccc32)Cc2ccccc2-4)cc1. The van der Waals surface area contributed by atoms with Crippen molar-refractivity contribution in [3.8, 4) is 16.8 Å². The van der Waals surface area contributed by atoms with Crippen molar-refractivity contribution >= 4 is 43.7 Å². The van der Waals surface area contributed by atoms with Crippen LogP contribution in [0, 0.1) is 0 Å². The van der Waals surface area contributed by atoms with E-state index < -0.39 is 0 Å². The van der Waals surface area contributed by atoms with Gasteiger partial charge in [-0.2, -0.15) is 0 Å².